The van der Waals surface area contributed by atoms with Crippen molar-refractivity contribution >= 4 is 11.8 Å². The van der Waals surface area contributed by atoms with E-state index in [1.807, 2.05) is 19.0 Å². The molecule has 1 aliphatic carbocycles. The average Bonchev–Trinajstić information content (AvgIpc) is 2.93. The number of carbonyl (C=O) groups excluding carboxylic acids is 2. The second-order valence-electron chi connectivity index (χ2n) is 6.98. The molecule has 0 aromatic rings. The van der Waals surface area contributed by atoms with E-state index in [2.05, 4.69) is 4.90 Å². The van der Waals surface area contributed by atoms with Crippen LogP contribution < -0.4 is 0 Å². The molecule has 3 rings (SSSR count). The minimum atomic E-state index is -1.63. The molecule has 118 valence electrons. The van der Waals surface area contributed by atoms with Crippen LogP contribution in [-0.2, 0) is 9.59 Å². The average molecular weight is 297 g/mol. The zero-order valence-corrected chi connectivity index (χ0v) is 12.8. The fourth-order valence-corrected chi connectivity index (χ4v) is 3.62. The molecular formula is C15H24FN3O2. The van der Waals surface area contributed by atoms with Gasteiger partial charge in [0.05, 0.1) is 5.92 Å². The van der Waals surface area contributed by atoms with Gasteiger partial charge in [0.15, 0.2) is 5.67 Å². The third-order valence-electron chi connectivity index (χ3n) is 5.16. The number of nitrogens with zero attached hydrogens (tertiary/aromatic N) is 3. The van der Waals surface area contributed by atoms with Crippen molar-refractivity contribution in [3.8, 4) is 0 Å². The zero-order valence-electron chi connectivity index (χ0n) is 12.8. The molecule has 21 heavy (non-hydrogen) atoms. The van der Waals surface area contributed by atoms with Crippen LogP contribution in [0.4, 0.5) is 4.39 Å². The van der Waals surface area contributed by atoms with E-state index < -0.39 is 5.67 Å². The summed E-state index contributed by atoms with van der Waals surface area (Å²) in [5, 5.41) is 0. The smallest absolute Gasteiger partial charge is 0.260 e. The Morgan fingerprint density at radius 2 is 2.05 bits per heavy atom. The second-order valence-corrected chi connectivity index (χ2v) is 6.98. The van der Waals surface area contributed by atoms with Gasteiger partial charge in [0.25, 0.3) is 5.91 Å². The Morgan fingerprint density at radius 3 is 2.57 bits per heavy atom. The summed E-state index contributed by atoms with van der Waals surface area (Å²) in [5.74, 6) is -0.165. The number of halogens is 1. The van der Waals surface area contributed by atoms with Crippen molar-refractivity contribution in [1.29, 1.82) is 0 Å². The number of hydrogen-bond donors (Lipinski definition) is 0. The Morgan fingerprint density at radius 1 is 1.33 bits per heavy atom. The SMILES string of the molecule is CN(C)CCN1C[C@@H]2CN(C(=O)C3(F)CCC3)C[C@@H]2C1=O. The van der Waals surface area contributed by atoms with Gasteiger partial charge in [0, 0.05) is 38.6 Å². The van der Waals surface area contributed by atoms with Crippen molar-refractivity contribution in [2.45, 2.75) is 24.9 Å². The lowest BCUT2D eigenvalue weighted by atomic mass is 9.81. The van der Waals surface area contributed by atoms with Crippen LogP contribution in [0.5, 0.6) is 0 Å². The summed E-state index contributed by atoms with van der Waals surface area (Å²) < 4.78 is 14.2. The molecule has 3 fully saturated rings. The molecule has 0 aromatic heterocycles. The maximum Gasteiger partial charge on any atom is 0.260 e. The lowest BCUT2D eigenvalue weighted by molar-refractivity contribution is -0.149. The Hall–Kier alpha value is -1.17. The van der Waals surface area contributed by atoms with Crippen molar-refractivity contribution in [2.24, 2.45) is 11.8 Å². The lowest BCUT2D eigenvalue weighted by Crippen LogP contribution is -2.50. The molecule has 0 unspecified atom stereocenters. The molecular weight excluding hydrogens is 273 g/mol. The Bertz CT molecular complexity index is 450. The van der Waals surface area contributed by atoms with Gasteiger partial charge in [-0.05, 0) is 33.4 Å². The Balaban J connectivity index is 1.57. The van der Waals surface area contributed by atoms with Crippen molar-refractivity contribution in [2.75, 3.05) is 46.8 Å². The van der Waals surface area contributed by atoms with Crippen molar-refractivity contribution in [1.82, 2.24) is 14.7 Å². The van der Waals surface area contributed by atoms with Crippen LogP contribution in [0.25, 0.3) is 0 Å². The standard InChI is InChI=1S/C15H24FN3O2/c1-17(2)6-7-18-8-11-9-19(10-12(11)13(18)20)14(21)15(16)4-3-5-15/h11-12H,3-10H2,1-2H3/t11-,12+/m1/s1. The highest BCUT2D eigenvalue weighted by Gasteiger charge is 2.53. The van der Waals surface area contributed by atoms with E-state index in [9.17, 15) is 14.0 Å². The van der Waals surface area contributed by atoms with Gasteiger partial charge in [-0.3, -0.25) is 9.59 Å². The van der Waals surface area contributed by atoms with Gasteiger partial charge in [0.1, 0.15) is 0 Å². The number of hydrogen-bond acceptors (Lipinski definition) is 3. The van der Waals surface area contributed by atoms with E-state index in [0.29, 0.717) is 32.5 Å². The van der Waals surface area contributed by atoms with Gasteiger partial charge in [-0.15, -0.1) is 0 Å². The van der Waals surface area contributed by atoms with Crippen LogP contribution in [0.1, 0.15) is 19.3 Å². The van der Waals surface area contributed by atoms with Crippen molar-refractivity contribution in [3.63, 3.8) is 0 Å². The van der Waals surface area contributed by atoms with Crippen LogP contribution in [-0.4, -0.2) is 79.0 Å². The van der Waals surface area contributed by atoms with E-state index in [1.54, 1.807) is 4.90 Å². The molecule has 2 saturated heterocycles. The van der Waals surface area contributed by atoms with Crippen LogP contribution in [0.15, 0.2) is 0 Å². The minimum absolute atomic E-state index is 0.111. The minimum Gasteiger partial charge on any atom is -0.341 e. The number of amides is 2. The Kier molecular flexibility index (Phi) is 3.67. The maximum absolute atomic E-state index is 14.2. The summed E-state index contributed by atoms with van der Waals surface area (Å²) in [6.45, 7) is 3.24. The normalized spacial score (nSPS) is 30.8. The molecule has 2 aliphatic heterocycles. The molecule has 0 N–H and O–H groups in total. The fraction of sp³-hybridized carbons (Fsp3) is 0.867. The van der Waals surface area contributed by atoms with Crippen LogP contribution in [0, 0.1) is 11.8 Å². The van der Waals surface area contributed by atoms with Gasteiger partial charge in [-0.2, -0.15) is 0 Å². The molecule has 2 atom stereocenters. The summed E-state index contributed by atoms with van der Waals surface area (Å²) in [4.78, 5) is 30.1. The first-order chi connectivity index (χ1) is 9.90. The quantitative estimate of drug-likeness (QED) is 0.752. The van der Waals surface area contributed by atoms with E-state index >= 15 is 0 Å². The topological polar surface area (TPSA) is 43.9 Å². The van der Waals surface area contributed by atoms with E-state index in [-0.39, 0.29) is 23.7 Å². The maximum atomic E-state index is 14.2. The van der Waals surface area contributed by atoms with Crippen LogP contribution in [0.2, 0.25) is 0 Å². The molecule has 5 nitrogen and oxygen atoms in total. The molecule has 2 heterocycles. The molecule has 0 aromatic carbocycles. The summed E-state index contributed by atoms with van der Waals surface area (Å²) in [5.41, 5.74) is -1.63. The summed E-state index contributed by atoms with van der Waals surface area (Å²) in [6.07, 6.45) is 1.49. The summed E-state index contributed by atoms with van der Waals surface area (Å²) in [7, 11) is 3.97. The van der Waals surface area contributed by atoms with Crippen molar-refractivity contribution in [3.05, 3.63) is 0 Å². The number of likely N-dealkylation sites (N-methyl/N-ethyl adjacent to an activating group) is 1. The largest absolute Gasteiger partial charge is 0.341 e. The lowest BCUT2D eigenvalue weighted by Gasteiger charge is -2.36. The highest BCUT2D eigenvalue weighted by atomic mass is 19.1. The predicted octanol–water partition coefficient (Wildman–Crippen LogP) is 0.357. The first-order valence-corrected chi connectivity index (χ1v) is 7.82. The van der Waals surface area contributed by atoms with Gasteiger partial charge >= 0.3 is 0 Å². The van der Waals surface area contributed by atoms with E-state index in [4.69, 9.17) is 0 Å². The second kappa shape index (κ2) is 5.23. The molecule has 0 bridgehead atoms. The number of fused-ring (bicyclic) bond motifs is 1. The van der Waals surface area contributed by atoms with Crippen LogP contribution >= 0.6 is 0 Å². The van der Waals surface area contributed by atoms with E-state index in [1.165, 1.54) is 0 Å². The van der Waals surface area contributed by atoms with Gasteiger partial charge in [-0.25, -0.2) is 4.39 Å². The third kappa shape index (κ3) is 2.54. The predicted molar refractivity (Wildman–Crippen MR) is 76.4 cm³/mol. The van der Waals surface area contributed by atoms with Gasteiger partial charge in [-0.1, -0.05) is 0 Å². The number of alkyl halides is 1. The molecule has 2 amide bonds. The Labute approximate surface area is 125 Å². The monoisotopic (exact) mass is 297 g/mol. The molecule has 0 spiro atoms. The zero-order chi connectivity index (χ0) is 15.2. The van der Waals surface area contributed by atoms with Crippen molar-refractivity contribution < 1.29 is 14.0 Å². The number of carbonyl (C=O) groups is 2. The highest BCUT2D eigenvalue weighted by Crippen LogP contribution is 2.40. The molecule has 6 heteroatoms. The third-order valence-corrected chi connectivity index (χ3v) is 5.16. The molecule has 3 aliphatic rings. The van der Waals surface area contributed by atoms with E-state index in [0.717, 1.165) is 19.5 Å². The van der Waals surface area contributed by atoms with Gasteiger partial charge < -0.3 is 14.7 Å². The highest BCUT2D eigenvalue weighted by molar-refractivity contribution is 5.88. The molecule has 1 saturated carbocycles. The fourth-order valence-electron chi connectivity index (χ4n) is 3.62. The number of rotatable bonds is 4. The summed E-state index contributed by atoms with van der Waals surface area (Å²) in [6, 6.07) is 0. The van der Waals surface area contributed by atoms with Gasteiger partial charge in [0.2, 0.25) is 5.91 Å². The first-order valence-electron chi connectivity index (χ1n) is 7.82. The molecule has 0 radical (unpaired) electrons. The van der Waals surface area contributed by atoms with Crippen LogP contribution in [0.3, 0.4) is 0 Å². The number of likely N-dealkylation sites (tertiary alicyclic amines) is 2. The summed E-state index contributed by atoms with van der Waals surface area (Å²) >= 11 is 0. The first kappa shape index (κ1) is 14.8.